The van der Waals surface area contributed by atoms with Crippen LogP contribution in [0.4, 0.5) is 0 Å². The minimum Gasteiger partial charge on any atom is -0.492 e. The second kappa shape index (κ2) is 10.8. The Morgan fingerprint density at radius 1 is 1.31 bits per heavy atom. The van der Waals surface area contributed by atoms with Crippen LogP contribution in [0, 0.1) is 0 Å². The number of rotatable bonds is 11. The van der Waals surface area contributed by atoms with Crippen molar-refractivity contribution in [3.63, 3.8) is 0 Å². The van der Waals surface area contributed by atoms with E-state index in [2.05, 4.69) is 11.8 Å². The number of ether oxygens (including phenoxy) is 1. The molecule has 2 rings (SSSR count). The number of alkyl halides is 1. The molecule has 0 spiro atoms. The van der Waals surface area contributed by atoms with Crippen LogP contribution in [0.15, 0.2) is 24.3 Å². The average Bonchev–Trinajstić information content (AvgIpc) is 2.98. The topological polar surface area (TPSA) is 70.0 Å². The van der Waals surface area contributed by atoms with Crippen molar-refractivity contribution >= 4 is 17.6 Å². The van der Waals surface area contributed by atoms with Gasteiger partial charge in [-0.3, -0.25) is 4.90 Å². The number of aliphatic hydroxyl groups excluding tert-OH is 1. The van der Waals surface area contributed by atoms with Gasteiger partial charge in [-0.15, -0.1) is 11.6 Å². The maximum absolute atomic E-state index is 10.9. The summed E-state index contributed by atoms with van der Waals surface area (Å²) in [6.45, 7) is 4.37. The zero-order chi connectivity index (χ0) is 18.9. The number of hydrogen-bond donors (Lipinski definition) is 2. The first kappa shape index (κ1) is 21.0. The molecule has 6 heteroatoms. The van der Waals surface area contributed by atoms with Gasteiger partial charge in [0.05, 0.1) is 23.1 Å². The number of aromatic carboxylic acids is 1. The first-order valence-electron chi connectivity index (χ1n) is 9.53. The highest BCUT2D eigenvalue weighted by molar-refractivity contribution is 6.21. The van der Waals surface area contributed by atoms with E-state index in [0.29, 0.717) is 12.4 Å². The standard InChI is InChI=1S/C20H30ClNO4/c1-2-3-4-5-16(23)10-12-22-13-11-18(21)19(22)14-26-17-8-6-15(7-9-17)20(24)25/h6-9,16,18-19,23H,2-5,10-14H2,1H3,(H,24,25). The van der Waals surface area contributed by atoms with Crippen molar-refractivity contribution in [1.82, 2.24) is 4.90 Å². The van der Waals surface area contributed by atoms with E-state index in [-0.39, 0.29) is 23.1 Å². The van der Waals surface area contributed by atoms with Crippen molar-refractivity contribution < 1.29 is 19.7 Å². The molecular formula is C20H30ClNO4. The van der Waals surface area contributed by atoms with E-state index in [9.17, 15) is 9.90 Å². The number of aliphatic hydroxyl groups is 1. The average molecular weight is 384 g/mol. The van der Waals surface area contributed by atoms with Crippen LogP contribution >= 0.6 is 11.6 Å². The third kappa shape index (κ3) is 6.45. The molecule has 0 bridgehead atoms. The lowest BCUT2D eigenvalue weighted by atomic mass is 10.1. The minimum atomic E-state index is -0.947. The Morgan fingerprint density at radius 3 is 2.69 bits per heavy atom. The van der Waals surface area contributed by atoms with E-state index in [1.54, 1.807) is 12.1 Å². The summed E-state index contributed by atoms with van der Waals surface area (Å²) in [4.78, 5) is 13.2. The van der Waals surface area contributed by atoms with Gasteiger partial charge in [0.2, 0.25) is 0 Å². The number of benzene rings is 1. The molecular weight excluding hydrogens is 354 g/mol. The van der Waals surface area contributed by atoms with Crippen molar-refractivity contribution in [2.45, 2.75) is 63.0 Å². The van der Waals surface area contributed by atoms with Crippen LogP contribution < -0.4 is 4.74 Å². The molecule has 1 aliphatic heterocycles. The molecule has 1 aliphatic rings. The van der Waals surface area contributed by atoms with E-state index in [0.717, 1.165) is 38.8 Å². The number of carboxylic acid groups (broad SMARTS) is 1. The summed E-state index contributed by atoms with van der Waals surface area (Å²) in [6.07, 6.45) is 5.70. The van der Waals surface area contributed by atoms with E-state index >= 15 is 0 Å². The van der Waals surface area contributed by atoms with E-state index < -0.39 is 5.97 Å². The molecule has 0 amide bonds. The maximum Gasteiger partial charge on any atom is 0.335 e. The fourth-order valence-electron chi connectivity index (χ4n) is 3.33. The summed E-state index contributed by atoms with van der Waals surface area (Å²) >= 11 is 6.46. The van der Waals surface area contributed by atoms with Crippen LogP contribution in [0.5, 0.6) is 5.75 Å². The Hall–Kier alpha value is -1.30. The van der Waals surface area contributed by atoms with Gasteiger partial charge in [-0.25, -0.2) is 4.79 Å². The summed E-state index contributed by atoms with van der Waals surface area (Å²) in [5.74, 6) is -0.304. The highest BCUT2D eigenvalue weighted by Gasteiger charge is 2.33. The quantitative estimate of drug-likeness (QED) is 0.449. The molecule has 26 heavy (non-hydrogen) atoms. The number of halogens is 1. The molecule has 1 heterocycles. The summed E-state index contributed by atoms with van der Waals surface area (Å²) in [5, 5.41) is 19.1. The molecule has 3 atom stereocenters. The van der Waals surface area contributed by atoms with Gasteiger partial charge < -0.3 is 14.9 Å². The summed E-state index contributed by atoms with van der Waals surface area (Å²) in [6, 6.07) is 6.52. The number of carbonyl (C=O) groups is 1. The zero-order valence-electron chi connectivity index (χ0n) is 15.4. The van der Waals surface area contributed by atoms with Crippen LogP contribution in [-0.4, -0.2) is 58.3 Å². The first-order chi connectivity index (χ1) is 12.5. The van der Waals surface area contributed by atoms with Gasteiger partial charge in [0.15, 0.2) is 0 Å². The van der Waals surface area contributed by atoms with Gasteiger partial charge >= 0.3 is 5.97 Å². The van der Waals surface area contributed by atoms with Crippen molar-refractivity contribution in [2.24, 2.45) is 0 Å². The zero-order valence-corrected chi connectivity index (χ0v) is 16.2. The van der Waals surface area contributed by atoms with E-state index in [1.165, 1.54) is 25.0 Å². The van der Waals surface area contributed by atoms with Gasteiger partial charge in [0.1, 0.15) is 12.4 Å². The molecule has 5 nitrogen and oxygen atoms in total. The Kier molecular flexibility index (Phi) is 8.69. The lowest BCUT2D eigenvalue weighted by Crippen LogP contribution is -2.39. The highest BCUT2D eigenvalue weighted by Crippen LogP contribution is 2.25. The van der Waals surface area contributed by atoms with Crippen LogP contribution in [0.2, 0.25) is 0 Å². The number of nitrogens with zero attached hydrogens (tertiary/aromatic N) is 1. The largest absolute Gasteiger partial charge is 0.492 e. The van der Waals surface area contributed by atoms with E-state index in [4.69, 9.17) is 21.4 Å². The Balaban J connectivity index is 1.79. The predicted octanol–water partition coefficient (Wildman–Crippen LogP) is 3.78. The van der Waals surface area contributed by atoms with E-state index in [1.807, 2.05) is 0 Å². The maximum atomic E-state index is 10.9. The first-order valence-corrected chi connectivity index (χ1v) is 9.97. The molecule has 0 aliphatic carbocycles. The molecule has 146 valence electrons. The Labute approximate surface area is 160 Å². The monoisotopic (exact) mass is 383 g/mol. The van der Waals surface area contributed by atoms with Gasteiger partial charge in [0, 0.05) is 13.1 Å². The van der Waals surface area contributed by atoms with Crippen molar-refractivity contribution in [3.8, 4) is 5.75 Å². The molecule has 1 fully saturated rings. The predicted molar refractivity (Wildman–Crippen MR) is 103 cm³/mol. The SMILES string of the molecule is CCCCCC(O)CCN1CCC(Cl)C1COc1ccc(C(=O)O)cc1. The van der Waals surface area contributed by atoms with Gasteiger partial charge in [-0.05, 0) is 43.5 Å². The molecule has 0 saturated carbocycles. The van der Waals surface area contributed by atoms with Crippen molar-refractivity contribution in [1.29, 1.82) is 0 Å². The molecule has 3 unspecified atom stereocenters. The normalized spacial score (nSPS) is 21.7. The van der Waals surface area contributed by atoms with Crippen LogP contribution in [-0.2, 0) is 0 Å². The van der Waals surface area contributed by atoms with Crippen molar-refractivity contribution in [3.05, 3.63) is 29.8 Å². The van der Waals surface area contributed by atoms with Crippen molar-refractivity contribution in [2.75, 3.05) is 19.7 Å². The number of hydrogen-bond acceptors (Lipinski definition) is 4. The molecule has 1 aromatic rings. The third-order valence-corrected chi connectivity index (χ3v) is 5.50. The highest BCUT2D eigenvalue weighted by atomic mass is 35.5. The summed E-state index contributed by atoms with van der Waals surface area (Å²) < 4.78 is 5.83. The molecule has 1 saturated heterocycles. The molecule has 0 aromatic heterocycles. The van der Waals surface area contributed by atoms with Crippen LogP contribution in [0.3, 0.4) is 0 Å². The number of likely N-dealkylation sites (tertiary alicyclic amines) is 1. The number of unbranched alkanes of at least 4 members (excludes halogenated alkanes) is 2. The van der Waals surface area contributed by atoms with Gasteiger partial charge in [-0.1, -0.05) is 26.2 Å². The second-order valence-electron chi connectivity index (χ2n) is 6.99. The lowest BCUT2D eigenvalue weighted by molar-refractivity contribution is 0.0696. The Bertz CT molecular complexity index is 551. The van der Waals surface area contributed by atoms with Gasteiger partial charge in [0.25, 0.3) is 0 Å². The van der Waals surface area contributed by atoms with Gasteiger partial charge in [-0.2, -0.15) is 0 Å². The smallest absolute Gasteiger partial charge is 0.335 e. The fourth-order valence-corrected chi connectivity index (χ4v) is 3.66. The van der Waals surface area contributed by atoms with Crippen LogP contribution in [0.1, 0.15) is 55.8 Å². The summed E-state index contributed by atoms with van der Waals surface area (Å²) in [5.41, 5.74) is 0.243. The Morgan fingerprint density at radius 2 is 2.04 bits per heavy atom. The number of carboxylic acids is 1. The fraction of sp³-hybridized carbons (Fsp3) is 0.650. The lowest BCUT2D eigenvalue weighted by Gasteiger charge is -2.27. The third-order valence-electron chi connectivity index (χ3n) is 4.99. The molecule has 0 radical (unpaired) electrons. The molecule has 1 aromatic carbocycles. The van der Waals surface area contributed by atoms with Crippen LogP contribution in [0.25, 0.3) is 0 Å². The minimum absolute atomic E-state index is 0.0329. The summed E-state index contributed by atoms with van der Waals surface area (Å²) in [7, 11) is 0. The molecule has 2 N–H and O–H groups in total. The second-order valence-corrected chi connectivity index (χ2v) is 7.55.